The number of hydrazine groups is 1. The summed E-state index contributed by atoms with van der Waals surface area (Å²) in [6.07, 6.45) is 1.73. The van der Waals surface area contributed by atoms with Crippen LogP contribution in [0.3, 0.4) is 0 Å². The molecule has 0 aliphatic heterocycles. The molecule has 144 valence electrons. The molecule has 0 aliphatic rings. The van der Waals surface area contributed by atoms with Gasteiger partial charge in [0.05, 0.1) is 5.56 Å². The number of amides is 3. The molecule has 2 aromatic carbocycles. The van der Waals surface area contributed by atoms with E-state index >= 15 is 0 Å². The van der Waals surface area contributed by atoms with Gasteiger partial charge < -0.3 is 9.88 Å². The van der Waals surface area contributed by atoms with Gasteiger partial charge in [0, 0.05) is 47.7 Å². The SMILES string of the molecule is Cn1cc(C(=O)NNC(=O)CCNC(=O)c2ccc(Cl)cc2)c2ccccc21. The molecular formula is C20H19ClN4O3. The third-order valence-electron chi connectivity index (χ3n) is 4.20. The zero-order chi connectivity index (χ0) is 20.1. The first-order valence-corrected chi connectivity index (χ1v) is 9.00. The third-order valence-corrected chi connectivity index (χ3v) is 4.45. The molecule has 7 nitrogen and oxygen atoms in total. The summed E-state index contributed by atoms with van der Waals surface area (Å²) >= 11 is 5.78. The van der Waals surface area contributed by atoms with Crippen molar-refractivity contribution in [2.24, 2.45) is 7.05 Å². The van der Waals surface area contributed by atoms with E-state index in [2.05, 4.69) is 16.2 Å². The van der Waals surface area contributed by atoms with Gasteiger partial charge >= 0.3 is 0 Å². The molecule has 0 radical (unpaired) electrons. The molecule has 0 bridgehead atoms. The summed E-state index contributed by atoms with van der Waals surface area (Å²) in [5.74, 6) is -1.12. The zero-order valence-electron chi connectivity index (χ0n) is 15.2. The first kappa shape index (κ1) is 19.4. The van der Waals surface area contributed by atoms with Crippen molar-refractivity contribution >= 4 is 40.2 Å². The van der Waals surface area contributed by atoms with Crippen LogP contribution in [0.2, 0.25) is 5.02 Å². The Morgan fingerprint density at radius 3 is 2.43 bits per heavy atom. The van der Waals surface area contributed by atoms with Crippen LogP contribution in [0.4, 0.5) is 0 Å². The molecule has 0 atom stereocenters. The van der Waals surface area contributed by atoms with Crippen LogP contribution in [0.15, 0.2) is 54.7 Å². The fraction of sp³-hybridized carbons (Fsp3) is 0.150. The summed E-state index contributed by atoms with van der Waals surface area (Å²) in [5.41, 5.74) is 6.60. The number of carbonyl (C=O) groups excluding carboxylic acids is 3. The standard InChI is InChI=1S/C20H19ClN4O3/c1-25-12-16(15-4-2-3-5-17(15)25)20(28)24-23-18(26)10-11-22-19(27)13-6-8-14(21)9-7-13/h2-9,12H,10-11H2,1H3,(H,22,27)(H,23,26)(H,24,28). The molecule has 1 heterocycles. The summed E-state index contributed by atoms with van der Waals surface area (Å²) in [4.78, 5) is 36.2. The lowest BCUT2D eigenvalue weighted by Gasteiger charge is -2.08. The maximum absolute atomic E-state index is 12.4. The highest BCUT2D eigenvalue weighted by atomic mass is 35.5. The van der Waals surface area contributed by atoms with Crippen LogP contribution in [-0.4, -0.2) is 28.8 Å². The number of aryl methyl sites for hydroxylation is 1. The summed E-state index contributed by atoms with van der Waals surface area (Å²) < 4.78 is 1.85. The van der Waals surface area contributed by atoms with Gasteiger partial charge in [-0.05, 0) is 30.3 Å². The van der Waals surface area contributed by atoms with Crippen molar-refractivity contribution in [2.45, 2.75) is 6.42 Å². The maximum atomic E-state index is 12.4. The molecule has 0 fully saturated rings. The first-order chi connectivity index (χ1) is 13.5. The van der Waals surface area contributed by atoms with E-state index in [0.29, 0.717) is 16.1 Å². The highest BCUT2D eigenvalue weighted by Crippen LogP contribution is 2.19. The smallest absolute Gasteiger partial charge is 0.271 e. The summed E-state index contributed by atoms with van der Waals surface area (Å²) in [6.45, 7) is 0.136. The van der Waals surface area contributed by atoms with Gasteiger partial charge in [-0.15, -0.1) is 0 Å². The topological polar surface area (TPSA) is 92.2 Å². The number of fused-ring (bicyclic) bond motifs is 1. The van der Waals surface area contributed by atoms with Gasteiger partial charge in [0.1, 0.15) is 0 Å². The summed E-state index contributed by atoms with van der Waals surface area (Å²) in [7, 11) is 1.85. The van der Waals surface area contributed by atoms with E-state index in [-0.39, 0.29) is 18.9 Å². The molecule has 8 heteroatoms. The van der Waals surface area contributed by atoms with Crippen molar-refractivity contribution < 1.29 is 14.4 Å². The third kappa shape index (κ3) is 4.50. The lowest BCUT2D eigenvalue weighted by molar-refractivity contribution is -0.121. The van der Waals surface area contributed by atoms with E-state index < -0.39 is 11.8 Å². The van der Waals surface area contributed by atoms with E-state index in [1.54, 1.807) is 30.5 Å². The van der Waals surface area contributed by atoms with Gasteiger partial charge in [0.2, 0.25) is 5.91 Å². The average Bonchev–Trinajstić information content (AvgIpc) is 3.03. The van der Waals surface area contributed by atoms with Crippen LogP contribution < -0.4 is 16.2 Å². The second-order valence-corrected chi connectivity index (χ2v) is 6.62. The predicted octanol–water partition coefficient (Wildman–Crippen LogP) is 2.41. The fourth-order valence-electron chi connectivity index (χ4n) is 2.77. The van der Waals surface area contributed by atoms with Crippen LogP contribution in [-0.2, 0) is 11.8 Å². The number of hydrogen-bond acceptors (Lipinski definition) is 3. The zero-order valence-corrected chi connectivity index (χ0v) is 15.9. The largest absolute Gasteiger partial charge is 0.352 e. The summed E-state index contributed by atoms with van der Waals surface area (Å²) in [5, 5.41) is 3.98. The Morgan fingerprint density at radius 1 is 0.964 bits per heavy atom. The Hall–Kier alpha value is -3.32. The van der Waals surface area contributed by atoms with Crippen molar-refractivity contribution in [2.75, 3.05) is 6.54 Å². The number of halogens is 1. The molecule has 0 spiro atoms. The second kappa shape index (κ2) is 8.58. The van der Waals surface area contributed by atoms with Crippen LogP contribution >= 0.6 is 11.6 Å². The highest BCUT2D eigenvalue weighted by molar-refractivity contribution is 6.30. The molecule has 3 amide bonds. The fourth-order valence-corrected chi connectivity index (χ4v) is 2.90. The molecule has 3 rings (SSSR count). The molecule has 28 heavy (non-hydrogen) atoms. The minimum atomic E-state index is -0.412. The van der Waals surface area contributed by atoms with Crippen molar-refractivity contribution in [3.63, 3.8) is 0 Å². The number of hydrogen-bond donors (Lipinski definition) is 3. The molecule has 0 saturated heterocycles. The monoisotopic (exact) mass is 398 g/mol. The number of benzene rings is 2. The number of para-hydroxylation sites is 1. The van der Waals surface area contributed by atoms with Gasteiger partial charge in [-0.2, -0.15) is 0 Å². The number of nitrogens with zero attached hydrogens (tertiary/aromatic N) is 1. The Morgan fingerprint density at radius 2 is 1.68 bits per heavy atom. The minimum absolute atomic E-state index is 0.0230. The Balaban J connectivity index is 1.47. The van der Waals surface area contributed by atoms with Crippen LogP contribution in [0.5, 0.6) is 0 Å². The van der Waals surface area contributed by atoms with E-state index in [0.717, 1.165) is 10.9 Å². The van der Waals surface area contributed by atoms with Gasteiger partial charge in [-0.1, -0.05) is 29.8 Å². The first-order valence-electron chi connectivity index (χ1n) is 8.62. The Bertz CT molecular complexity index is 1030. The van der Waals surface area contributed by atoms with Gasteiger partial charge in [0.15, 0.2) is 0 Å². The molecule has 3 aromatic rings. The average molecular weight is 399 g/mol. The minimum Gasteiger partial charge on any atom is -0.352 e. The van der Waals surface area contributed by atoms with Gasteiger partial charge in [-0.25, -0.2) is 0 Å². The van der Waals surface area contributed by atoms with Gasteiger partial charge in [0.25, 0.3) is 11.8 Å². The predicted molar refractivity (Wildman–Crippen MR) is 107 cm³/mol. The van der Waals surface area contributed by atoms with E-state index in [9.17, 15) is 14.4 Å². The van der Waals surface area contributed by atoms with Crippen LogP contribution in [0.1, 0.15) is 27.1 Å². The molecule has 0 saturated carbocycles. The normalized spacial score (nSPS) is 10.5. The van der Waals surface area contributed by atoms with Crippen molar-refractivity contribution in [3.8, 4) is 0 Å². The van der Waals surface area contributed by atoms with E-state index in [1.807, 2.05) is 35.9 Å². The molecular weight excluding hydrogens is 380 g/mol. The molecule has 0 unspecified atom stereocenters. The second-order valence-electron chi connectivity index (χ2n) is 6.19. The summed E-state index contributed by atoms with van der Waals surface area (Å²) in [6, 6.07) is 13.9. The van der Waals surface area contributed by atoms with Crippen molar-refractivity contribution in [1.82, 2.24) is 20.7 Å². The quantitative estimate of drug-likeness (QED) is 0.576. The molecule has 0 aliphatic carbocycles. The highest BCUT2D eigenvalue weighted by Gasteiger charge is 2.14. The molecule has 1 aromatic heterocycles. The Kier molecular flexibility index (Phi) is 5.96. The number of carbonyl (C=O) groups is 3. The van der Waals surface area contributed by atoms with Crippen molar-refractivity contribution in [1.29, 1.82) is 0 Å². The van der Waals surface area contributed by atoms with E-state index in [1.165, 1.54) is 0 Å². The van der Waals surface area contributed by atoms with Crippen LogP contribution in [0.25, 0.3) is 10.9 Å². The van der Waals surface area contributed by atoms with Crippen LogP contribution in [0, 0.1) is 0 Å². The van der Waals surface area contributed by atoms with Gasteiger partial charge in [-0.3, -0.25) is 25.2 Å². The van der Waals surface area contributed by atoms with E-state index in [4.69, 9.17) is 11.6 Å². The number of rotatable bonds is 5. The number of aromatic nitrogens is 1. The maximum Gasteiger partial charge on any atom is 0.271 e. The van der Waals surface area contributed by atoms with Crippen molar-refractivity contribution in [3.05, 3.63) is 70.9 Å². The number of nitrogens with one attached hydrogen (secondary N) is 3. The lowest BCUT2D eigenvalue weighted by atomic mass is 10.2. The lowest BCUT2D eigenvalue weighted by Crippen LogP contribution is -2.42. The Labute approximate surface area is 166 Å². The molecule has 3 N–H and O–H groups in total.